The van der Waals surface area contributed by atoms with Gasteiger partial charge in [0.1, 0.15) is 0 Å². The van der Waals surface area contributed by atoms with Crippen molar-refractivity contribution in [2.75, 3.05) is 6.54 Å². The monoisotopic (exact) mass is 227 g/mol. The minimum Gasteiger partial charge on any atom is -0.392 e. The van der Waals surface area contributed by atoms with Crippen molar-refractivity contribution < 1.29 is 5.11 Å². The lowest BCUT2D eigenvalue weighted by molar-refractivity contribution is 0.0884. The van der Waals surface area contributed by atoms with E-state index in [0.29, 0.717) is 6.04 Å². The molecule has 1 aliphatic rings. The summed E-state index contributed by atoms with van der Waals surface area (Å²) in [6.45, 7) is 5.63. The highest BCUT2D eigenvalue weighted by atomic mass is 16.3. The van der Waals surface area contributed by atoms with E-state index >= 15 is 0 Å². The van der Waals surface area contributed by atoms with E-state index in [1.165, 1.54) is 38.5 Å². The van der Waals surface area contributed by atoms with E-state index in [1.54, 1.807) is 0 Å². The van der Waals surface area contributed by atoms with Gasteiger partial charge in [-0.2, -0.15) is 0 Å². The lowest BCUT2D eigenvalue weighted by Crippen LogP contribution is -2.43. The topological polar surface area (TPSA) is 32.3 Å². The van der Waals surface area contributed by atoms with Gasteiger partial charge < -0.3 is 10.4 Å². The molecular weight excluding hydrogens is 198 g/mol. The van der Waals surface area contributed by atoms with E-state index in [2.05, 4.69) is 19.2 Å². The molecule has 2 heteroatoms. The SMILES string of the molecule is CCCCC(CC)CN[C@@H]1CCCC[C@H]1O. The van der Waals surface area contributed by atoms with Crippen molar-refractivity contribution in [1.29, 1.82) is 0 Å². The van der Waals surface area contributed by atoms with Gasteiger partial charge in [0.25, 0.3) is 0 Å². The van der Waals surface area contributed by atoms with Gasteiger partial charge in [-0.15, -0.1) is 0 Å². The van der Waals surface area contributed by atoms with Crippen LogP contribution in [0.25, 0.3) is 0 Å². The molecule has 0 spiro atoms. The number of unbranched alkanes of at least 4 members (excludes halogenated alkanes) is 1. The van der Waals surface area contributed by atoms with E-state index in [-0.39, 0.29) is 6.10 Å². The maximum atomic E-state index is 9.87. The molecule has 0 amide bonds. The first-order chi connectivity index (χ1) is 7.77. The Hall–Kier alpha value is -0.0800. The van der Waals surface area contributed by atoms with Gasteiger partial charge in [0.15, 0.2) is 0 Å². The fourth-order valence-corrected chi connectivity index (χ4v) is 2.61. The molecule has 0 aliphatic heterocycles. The second kappa shape index (κ2) is 8.08. The minimum absolute atomic E-state index is 0.0996. The van der Waals surface area contributed by atoms with Crippen LogP contribution >= 0.6 is 0 Å². The predicted molar refractivity (Wildman–Crippen MR) is 69.6 cm³/mol. The van der Waals surface area contributed by atoms with Gasteiger partial charge in [-0.05, 0) is 31.7 Å². The fourth-order valence-electron chi connectivity index (χ4n) is 2.61. The second-order valence-electron chi connectivity index (χ2n) is 5.28. The molecule has 1 rings (SSSR count). The Morgan fingerprint density at radius 2 is 2.00 bits per heavy atom. The molecule has 0 radical (unpaired) electrons. The Bertz CT molecular complexity index is 172. The van der Waals surface area contributed by atoms with Gasteiger partial charge in [-0.1, -0.05) is 46.0 Å². The van der Waals surface area contributed by atoms with Gasteiger partial charge in [0, 0.05) is 6.04 Å². The van der Waals surface area contributed by atoms with Gasteiger partial charge in [0.2, 0.25) is 0 Å². The molecule has 16 heavy (non-hydrogen) atoms. The van der Waals surface area contributed by atoms with Crippen LogP contribution in [0.2, 0.25) is 0 Å². The van der Waals surface area contributed by atoms with Crippen molar-refractivity contribution in [3.63, 3.8) is 0 Å². The zero-order valence-corrected chi connectivity index (χ0v) is 11.0. The third kappa shape index (κ3) is 4.84. The van der Waals surface area contributed by atoms with E-state index in [1.807, 2.05) is 0 Å². The van der Waals surface area contributed by atoms with Crippen molar-refractivity contribution in [1.82, 2.24) is 5.32 Å². The van der Waals surface area contributed by atoms with Crippen LogP contribution in [-0.2, 0) is 0 Å². The van der Waals surface area contributed by atoms with E-state index in [0.717, 1.165) is 25.3 Å². The first-order valence-electron chi connectivity index (χ1n) is 7.19. The molecule has 96 valence electrons. The van der Waals surface area contributed by atoms with Crippen molar-refractivity contribution in [2.24, 2.45) is 5.92 Å². The third-order valence-electron chi connectivity index (χ3n) is 3.94. The minimum atomic E-state index is -0.0996. The zero-order chi connectivity index (χ0) is 11.8. The summed E-state index contributed by atoms with van der Waals surface area (Å²) >= 11 is 0. The molecular formula is C14H29NO. The van der Waals surface area contributed by atoms with Crippen LogP contribution < -0.4 is 5.32 Å². The zero-order valence-electron chi connectivity index (χ0n) is 11.0. The maximum Gasteiger partial charge on any atom is 0.0693 e. The fraction of sp³-hybridized carbons (Fsp3) is 1.00. The Balaban J connectivity index is 2.19. The molecule has 0 bridgehead atoms. The highest BCUT2D eigenvalue weighted by Crippen LogP contribution is 2.19. The van der Waals surface area contributed by atoms with Gasteiger partial charge >= 0.3 is 0 Å². The highest BCUT2D eigenvalue weighted by Gasteiger charge is 2.22. The number of rotatable bonds is 7. The predicted octanol–water partition coefficient (Wildman–Crippen LogP) is 3.10. The molecule has 2 N–H and O–H groups in total. The lowest BCUT2D eigenvalue weighted by atomic mass is 9.91. The number of hydrogen-bond acceptors (Lipinski definition) is 2. The van der Waals surface area contributed by atoms with Gasteiger partial charge in [-0.3, -0.25) is 0 Å². The standard InChI is InChI=1S/C14H29NO/c1-3-5-8-12(4-2)11-15-13-9-6-7-10-14(13)16/h12-16H,3-11H2,1-2H3/t12?,13-,14-/m1/s1. The summed E-state index contributed by atoms with van der Waals surface area (Å²) in [6.07, 6.45) is 9.76. The van der Waals surface area contributed by atoms with Crippen LogP contribution in [-0.4, -0.2) is 23.8 Å². The average Bonchev–Trinajstić information content (AvgIpc) is 2.31. The van der Waals surface area contributed by atoms with Crippen molar-refractivity contribution in [3.8, 4) is 0 Å². The summed E-state index contributed by atoms with van der Waals surface area (Å²) in [5.41, 5.74) is 0. The molecule has 0 aromatic rings. The molecule has 1 unspecified atom stereocenters. The number of aliphatic hydroxyl groups excluding tert-OH is 1. The molecule has 1 aliphatic carbocycles. The number of hydrogen-bond donors (Lipinski definition) is 2. The van der Waals surface area contributed by atoms with Crippen molar-refractivity contribution in [2.45, 2.75) is 77.4 Å². The van der Waals surface area contributed by atoms with Crippen LogP contribution in [0.4, 0.5) is 0 Å². The summed E-state index contributed by atoms with van der Waals surface area (Å²) in [7, 11) is 0. The molecule has 1 fully saturated rings. The largest absolute Gasteiger partial charge is 0.392 e. The van der Waals surface area contributed by atoms with E-state index in [4.69, 9.17) is 0 Å². The molecule has 3 atom stereocenters. The smallest absolute Gasteiger partial charge is 0.0693 e. The van der Waals surface area contributed by atoms with Gasteiger partial charge in [-0.25, -0.2) is 0 Å². The Labute approximate surface area is 101 Å². The van der Waals surface area contributed by atoms with Gasteiger partial charge in [0.05, 0.1) is 6.10 Å². The van der Waals surface area contributed by atoms with Crippen LogP contribution in [0.3, 0.4) is 0 Å². The molecule has 0 heterocycles. The number of aliphatic hydroxyl groups is 1. The normalized spacial score (nSPS) is 27.9. The third-order valence-corrected chi connectivity index (χ3v) is 3.94. The lowest BCUT2D eigenvalue weighted by Gasteiger charge is -2.30. The molecule has 0 aromatic carbocycles. The Kier molecular flexibility index (Phi) is 7.06. The van der Waals surface area contributed by atoms with E-state index < -0.39 is 0 Å². The molecule has 0 aromatic heterocycles. The Morgan fingerprint density at radius 1 is 1.25 bits per heavy atom. The van der Waals surface area contributed by atoms with Crippen LogP contribution in [0, 0.1) is 5.92 Å². The van der Waals surface area contributed by atoms with Crippen molar-refractivity contribution >= 4 is 0 Å². The summed E-state index contributed by atoms with van der Waals surface area (Å²) in [4.78, 5) is 0. The van der Waals surface area contributed by atoms with Crippen LogP contribution in [0.5, 0.6) is 0 Å². The van der Waals surface area contributed by atoms with Crippen molar-refractivity contribution in [3.05, 3.63) is 0 Å². The van der Waals surface area contributed by atoms with Crippen LogP contribution in [0.15, 0.2) is 0 Å². The van der Waals surface area contributed by atoms with Crippen LogP contribution in [0.1, 0.15) is 65.2 Å². The highest BCUT2D eigenvalue weighted by molar-refractivity contribution is 4.81. The number of nitrogens with one attached hydrogen (secondary N) is 1. The second-order valence-corrected chi connectivity index (χ2v) is 5.28. The first-order valence-corrected chi connectivity index (χ1v) is 7.19. The average molecular weight is 227 g/mol. The summed E-state index contributed by atoms with van der Waals surface area (Å²) in [5, 5.41) is 13.4. The quantitative estimate of drug-likeness (QED) is 0.700. The van der Waals surface area contributed by atoms with E-state index in [9.17, 15) is 5.11 Å². The molecule has 1 saturated carbocycles. The summed E-state index contributed by atoms with van der Waals surface area (Å²) in [5.74, 6) is 0.800. The Morgan fingerprint density at radius 3 is 2.62 bits per heavy atom. The molecule has 2 nitrogen and oxygen atoms in total. The summed E-state index contributed by atoms with van der Waals surface area (Å²) in [6, 6.07) is 0.365. The maximum absolute atomic E-state index is 9.87. The summed E-state index contributed by atoms with van der Waals surface area (Å²) < 4.78 is 0. The molecule has 0 saturated heterocycles. The first kappa shape index (κ1) is 14.0.